The topological polar surface area (TPSA) is 149 Å². The van der Waals surface area contributed by atoms with Crippen LogP contribution in [0.4, 0.5) is 11.6 Å². The first-order valence-electron chi connectivity index (χ1n) is 12.1. The maximum absolute atomic E-state index is 13.3. The van der Waals surface area contributed by atoms with Crippen molar-refractivity contribution in [3.05, 3.63) is 58.2 Å². The number of carbonyl (C=O) groups is 2. The zero-order chi connectivity index (χ0) is 26.3. The van der Waals surface area contributed by atoms with Gasteiger partial charge in [0, 0.05) is 13.0 Å². The van der Waals surface area contributed by atoms with Gasteiger partial charge in [-0.15, -0.1) is 0 Å². The molecule has 37 heavy (non-hydrogen) atoms. The van der Waals surface area contributed by atoms with Gasteiger partial charge in [0.2, 0.25) is 5.91 Å². The molecule has 1 amide bonds. The molecule has 4 heterocycles. The van der Waals surface area contributed by atoms with Crippen molar-refractivity contribution in [2.75, 3.05) is 11.1 Å². The lowest BCUT2D eigenvalue weighted by Gasteiger charge is -2.23. The van der Waals surface area contributed by atoms with Gasteiger partial charge in [0.05, 0.1) is 10.9 Å². The van der Waals surface area contributed by atoms with Crippen LogP contribution in [0.3, 0.4) is 0 Å². The van der Waals surface area contributed by atoms with Crippen molar-refractivity contribution in [1.29, 1.82) is 0 Å². The van der Waals surface area contributed by atoms with Crippen molar-refractivity contribution < 1.29 is 14.7 Å². The van der Waals surface area contributed by atoms with E-state index in [0.29, 0.717) is 46.4 Å². The predicted octanol–water partition coefficient (Wildman–Crippen LogP) is 4.20. The third-order valence-electron chi connectivity index (χ3n) is 6.78. The summed E-state index contributed by atoms with van der Waals surface area (Å²) in [6, 6.07) is 10.8. The molecule has 0 saturated heterocycles. The number of amides is 1. The fourth-order valence-electron chi connectivity index (χ4n) is 4.70. The Balaban J connectivity index is 1.56. The smallest absolute Gasteiger partial charge is 0.303 e. The van der Waals surface area contributed by atoms with Crippen molar-refractivity contribution in [1.82, 2.24) is 24.7 Å². The highest BCUT2D eigenvalue weighted by Crippen LogP contribution is 2.45. The molecule has 0 spiro atoms. The molecule has 1 atom stereocenters. The largest absolute Gasteiger partial charge is 0.481 e. The number of hydrogen-bond donors (Lipinski definition) is 3. The number of benzene rings is 1. The lowest BCUT2D eigenvalue weighted by molar-refractivity contribution is -0.137. The Hall–Kier alpha value is -4.05. The molecular weight excluding hydrogens is 494 g/mol. The highest BCUT2D eigenvalue weighted by molar-refractivity contribution is 6.29. The second kappa shape index (κ2) is 9.44. The second-order valence-corrected chi connectivity index (χ2v) is 9.64. The van der Waals surface area contributed by atoms with Crippen molar-refractivity contribution in [2.45, 2.75) is 51.5 Å². The zero-order valence-electron chi connectivity index (χ0n) is 20.5. The van der Waals surface area contributed by atoms with Crippen LogP contribution in [0.5, 0.6) is 0 Å². The van der Waals surface area contributed by atoms with Gasteiger partial charge in [-0.25, -0.2) is 19.6 Å². The van der Waals surface area contributed by atoms with E-state index in [0.717, 1.165) is 23.8 Å². The minimum absolute atomic E-state index is 0.0358. The van der Waals surface area contributed by atoms with E-state index < -0.39 is 11.4 Å². The van der Waals surface area contributed by atoms with E-state index in [9.17, 15) is 9.59 Å². The minimum Gasteiger partial charge on any atom is -0.481 e. The fourth-order valence-corrected chi connectivity index (χ4v) is 4.85. The second-order valence-electron chi connectivity index (χ2n) is 9.26. The molecule has 1 aliphatic rings. The van der Waals surface area contributed by atoms with E-state index >= 15 is 0 Å². The normalized spacial score (nSPS) is 16.7. The Morgan fingerprint density at radius 3 is 2.62 bits per heavy atom. The molecular formula is C26H26ClN7O3. The lowest BCUT2D eigenvalue weighted by Crippen LogP contribution is -2.33. The van der Waals surface area contributed by atoms with Gasteiger partial charge in [-0.05, 0) is 43.0 Å². The van der Waals surface area contributed by atoms with E-state index in [1.54, 1.807) is 17.7 Å². The van der Waals surface area contributed by atoms with Crippen molar-refractivity contribution >= 4 is 46.1 Å². The molecule has 4 aromatic rings. The predicted molar refractivity (Wildman–Crippen MR) is 140 cm³/mol. The van der Waals surface area contributed by atoms with Crippen molar-refractivity contribution in [2.24, 2.45) is 0 Å². The number of nitrogens with one attached hydrogen (secondary N) is 1. The first kappa shape index (κ1) is 24.6. The summed E-state index contributed by atoms with van der Waals surface area (Å²) in [7, 11) is 0. The van der Waals surface area contributed by atoms with Crippen LogP contribution in [0.15, 0.2) is 36.4 Å². The summed E-state index contributed by atoms with van der Waals surface area (Å²) in [6.07, 6.45) is 2.35. The van der Waals surface area contributed by atoms with Gasteiger partial charge in [-0.2, -0.15) is 5.10 Å². The van der Waals surface area contributed by atoms with Gasteiger partial charge >= 0.3 is 5.97 Å². The summed E-state index contributed by atoms with van der Waals surface area (Å²) in [5, 5.41) is 17.6. The summed E-state index contributed by atoms with van der Waals surface area (Å²) in [5.74, 6) is -0.334. The summed E-state index contributed by atoms with van der Waals surface area (Å²) in [4.78, 5) is 37.8. The molecule has 0 bridgehead atoms. The average molecular weight is 520 g/mol. The summed E-state index contributed by atoms with van der Waals surface area (Å²) in [6.45, 7) is 4.54. The van der Waals surface area contributed by atoms with Crippen molar-refractivity contribution in [3.8, 4) is 11.5 Å². The van der Waals surface area contributed by atoms with Crippen LogP contribution in [0.2, 0.25) is 5.15 Å². The van der Waals surface area contributed by atoms with E-state index in [4.69, 9.17) is 27.5 Å². The SMILES string of the molecule is CCCCn1nc(-c2nc(N)c3c(n2)NC(=O)C3(C)c2ccc(CCC(=O)O)cc2)c2ccc(Cl)nc21. The Bertz CT molecular complexity index is 1530. The first-order valence-corrected chi connectivity index (χ1v) is 12.4. The van der Waals surface area contributed by atoms with Crippen LogP contribution >= 0.6 is 11.6 Å². The molecule has 0 radical (unpaired) electrons. The molecule has 190 valence electrons. The van der Waals surface area contributed by atoms with Crippen LogP contribution in [0, 0.1) is 0 Å². The number of carboxylic acids is 1. The van der Waals surface area contributed by atoms with Gasteiger partial charge in [0.15, 0.2) is 11.5 Å². The fraction of sp³-hybridized carbons (Fsp3) is 0.308. The number of unbranched alkanes of at least 4 members (excludes halogenated alkanes) is 1. The summed E-state index contributed by atoms with van der Waals surface area (Å²) >= 11 is 6.15. The third kappa shape index (κ3) is 4.27. The Morgan fingerprint density at radius 1 is 1.16 bits per heavy atom. The minimum atomic E-state index is -1.11. The van der Waals surface area contributed by atoms with Gasteiger partial charge in [-0.1, -0.05) is 49.2 Å². The number of aromatic nitrogens is 5. The molecule has 11 heteroatoms. The number of aryl methyl sites for hydroxylation is 2. The Morgan fingerprint density at radius 2 is 1.92 bits per heavy atom. The number of nitrogens with two attached hydrogens (primary N) is 1. The summed E-state index contributed by atoms with van der Waals surface area (Å²) < 4.78 is 1.79. The molecule has 3 aromatic heterocycles. The average Bonchev–Trinajstić information content (AvgIpc) is 3.36. The molecule has 1 aromatic carbocycles. The Kier molecular flexibility index (Phi) is 6.28. The number of pyridine rings is 1. The maximum Gasteiger partial charge on any atom is 0.303 e. The van der Waals surface area contributed by atoms with Gasteiger partial charge < -0.3 is 16.2 Å². The lowest BCUT2D eigenvalue weighted by atomic mass is 9.77. The van der Waals surface area contributed by atoms with E-state index in [-0.39, 0.29) is 24.0 Å². The van der Waals surface area contributed by atoms with Crippen LogP contribution in [0.25, 0.3) is 22.6 Å². The maximum atomic E-state index is 13.3. The van der Waals surface area contributed by atoms with E-state index in [1.165, 1.54) is 0 Å². The molecule has 0 saturated carbocycles. The number of hydrogen-bond acceptors (Lipinski definition) is 7. The van der Waals surface area contributed by atoms with E-state index in [2.05, 4.69) is 27.2 Å². The van der Waals surface area contributed by atoms with Gasteiger partial charge in [0.1, 0.15) is 27.9 Å². The van der Waals surface area contributed by atoms with Crippen molar-refractivity contribution in [3.63, 3.8) is 0 Å². The van der Waals surface area contributed by atoms with E-state index in [1.807, 2.05) is 30.3 Å². The molecule has 10 nitrogen and oxygen atoms in total. The monoisotopic (exact) mass is 519 g/mol. The molecule has 0 fully saturated rings. The third-order valence-corrected chi connectivity index (χ3v) is 6.99. The molecule has 1 unspecified atom stereocenters. The molecule has 1 aliphatic heterocycles. The Labute approximate surface area is 217 Å². The number of carbonyl (C=O) groups excluding carboxylic acids is 1. The zero-order valence-corrected chi connectivity index (χ0v) is 21.2. The first-order chi connectivity index (χ1) is 17.7. The van der Waals surface area contributed by atoms with Crippen LogP contribution in [0.1, 0.15) is 49.8 Å². The van der Waals surface area contributed by atoms with Gasteiger partial charge in [0.25, 0.3) is 0 Å². The highest BCUT2D eigenvalue weighted by atomic mass is 35.5. The number of nitrogen functional groups attached to an aromatic ring is 1. The number of aliphatic carboxylic acids is 1. The van der Waals surface area contributed by atoms with Crippen LogP contribution < -0.4 is 11.1 Å². The number of fused-ring (bicyclic) bond motifs is 2. The highest BCUT2D eigenvalue weighted by Gasteiger charge is 2.47. The number of rotatable bonds is 8. The molecule has 5 rings (SSSR count). The number of carboxylic acid groups (broad SMARTS) is 1. The molecule has 4 N–H and O–H groups in total. The summed E-state index contributed by atoms with van der Waals surface area (Å²) in [5.41, 5.74) is 8.58. The number of nitrogens with zero attached hydrogens (tertiary/aromatic N) is 5. The van der Waals surface area contributed by atoms with Crippen LogP contribution in [-0.4, -0.2) is 41.7 Å². The number of halogens is 1. The quantitative estimate of drug-likeness (QED) is 0.293. The standard InChI is InChI=1S/C26H26ClN7O3/c1-3-4-13-34-24-16(10-11-17(27)29-24)20(33-34)23-30-21(28)19-22(31-23)32-25(37)26(19,2)15-8-5-14(6-9-15)7-12-18(35)36/h5-6,8-11H,3-4,7,12-13H2,1-2H3,(H,35,36)(H3,28,30,31,32,37). The van der Waals surface area contributed by atoms with Gasteiger partial charge in [-0.3, -0.25) is 9.59 Å². The number of anilines is 2. The molecule has 0 aliphatic carbocycles. The van der Waals surface area contributed by atoms with Crippen LogP contribution in [-0.2, 0) is 28.0 Å².